The predicted molar refractivity (Wildman–Crippen MR) is 129 cm³/mol. The smallest absolute Gasteiger partial charge is 0.145 e. The lowest BCUT2D eigenvalue weighted by Gasteiger charge is -2.28. The molecule has 2 aliphatic rings. The van der Waals surface area contributed by atoms with E-state index >= 15 is 0 Å². The average molecular weight is 432 g/mol. The van der Waals surface area contributed by atoms with Crippen LogP contribution in [0, 0.1) is 5.41 Å². The summed E-state index contributed by atoms with van der Waals surface area (Å²) < 4.78 is 5.73. The highest BCUT2D eigenvalue weighted by Gasteiger charge is 2.31. The minimum absolute atomic E-state index is 0.144. The first kappa shape index (κ1) is 20.4. The van der Waals surface area contributed by atoms with Crippen LogP contribution in [0.5, 0.6) is 5.75 Å². The lowest BCUT2D eigenvalue weighted by Crippen LogP contribution is -2.29. The van der Waals surface area contributed by atoms with Crippen LogP contribution in [0.4, 0.5) is 11.4 Å². The molecule has 0 saturated carbocycles. The Morgan fingerprint density at radius 1 is 1.09 bits per heavy atom. The van der Waals surface area contributed by atoms with Crippen LogP contribution in [-0.4, -0.2) is 47.2 Å². The molecule has 166 valence electrons. The second kappa shape index (κ2) is 8.57. The fourth-order valence-electron chi connectivity index (χ4n) is 4.47. The molecule has 7 heteroatoms. The van der Waals surface area contributed by atoms with Crippen molar-refractivity contribution < 1.29 is 9.84 Å². The Morgan fingerprint density at radius 2 is 1.94 bits per heavy atom. The van der Waals surface area contributed by atoms with E-state index in [1.165, 1.54) is 24.9 Å². The molecule has 0 atom stereocenters. The van der Waals surface area contributed by atoms with Gasteiger partial charge in [-0.1, -0.05) is 13.0 Å². The molecule has 3 heterocycles. The number of benzene rings is 2. The number of aromatic amines is 1. The van der Waals surface area contributed by atoms with Gasteiger partial charge >= 0.3 is 0 Å². The highest BCUT2D eigenvalue weighted by molar-refractivity contribution is 6.30. The molecular formula is C25H29N5O2. The first-order valence-corrected chi connectivity index (χ1v) is 11.4. The first-order chi connectivity index (χ1) is 15.6. The summed E-state index contributed by atoms with van der Waals surface area (Å²) in [5.74, 6) is 1.66. The van der Waals surface area contributed by atoms with Crippen LogP contribution in [0.1, 0.15) is 38.4 Å². The van der Waals surface area contributed by atoms with Gasteiger partial charge in [0.05, 0.1) is 29.8 Å². The number of hydrogen-bond donors (Lipinski definition) is 3. The number of ether oxygens (including phenoxy) is 1. The molecule has 0 radical (unpaired) electrons. The third-order valence-corrected chi connectivity index (χ3v) is 6.13. The number of piperidine rings is 1. The van der Waals surface area contributed by atoms with Crippen LogP contribution in [0.3, 0.4) is 0 Å². The Labute approximate surface area is 187 Å². The molecule has 7 nitrogen and oxygen atoms in total. The molecule has 0 aliphatic carbocycles. The monoisotopic (exact) mass is 431 g/mol. The molecule has 3 N–H and O–H groups in total. The van der Waals surface area contributed by atoms with Crippen molar-refractivity contribution in [2.75, 3.05) is 36.0 Å². The van der Waals surface area contributed by atoms with Crippen LogP contribution in [0.15, 0.2) is 48.2 Å². The molecule has 3 aromatic rings. The van der Waals surface area contributed by atoms with E-state index in [1.54, 1.807) is 4.90 Å². The zero-order valence-electron chi connectivity index (χ0n) is 18.4. The van der Waals surface area contributed by atoms with Crippen LogP contribution in [0.2, 0.25) is 0 Å². The first-order valence-electron chi connectivity index (χ1n) is 11.4. The van der Waals surface area contributed by atoms with Crippen LogP contribution in [0.25, 0.3) is 16.6 Å². The van der Waals surface area contributed by atoms with Crippen molar-refractivity contribution in [2.24, 2.45) is 0 Å². The SMILES string of the molecule is CCCOc1cccc(N2CC(O)=C(c3nc4ccc(N5CCCCC5)cc4[nH]3)C2=N)c1. The summed E-state index contributed by atoms with van der Waals surface area (Å²) in [6.07, 6.45) is 4.68. The molecule has 2 aromatic carbocycles. The van der Waals surface area contributed by atoms with E-state index in [9.17, 15) is 5.11 Å². The van der Waals surface area contributed by atoms with E-state index in [4.69, 9.17) is 10.1 Å². The molecule has 5 rings (SSSR count). The summed E-state index contributed by atoms with van der Waals surface area (Å²) in [7, 11) is 0. The molecule has 1 fully saturated rings. The highest BCUT2D eigenvalue weighted by Crippen LogP contribution is 2.33. The van der Waals surface area contributed by atoms with Crippen LogP contribution in [-0.2, 0) is 0 Å². The quantitative estimate of drug-likeness (QED) is 0.505. The number of aliphatic hydroxyl groups excluding tert-OH is 1. The van der Waals surface area contributed by atoms with Crippen molar-refractivity contribution in [3.63, 3.8) is 0 Å². The Balaban J connectivity index is 1.41. The summed E-state index contributed by atoms with van der Waals surface area (Å²) in [6, 6.07) is 13.9. The Bertz CT molecular complexity index is 1180. The second-order valence-electron chi connectivity index (χ2n) is 8.44. The lowest BCUT2D eigenvalue weighted by atomic mass is 10.1. The number of rotatable bonds is 6. The number of H-pyrrole nitrogens is 1. The zero-order chi connectivity index (χ0) is 22.1. The number of aliphatic hydroxyl groups is 1. The maximum absolute atomic E-state index is 10.7. The third kappa shape index (κ3) is 3.79. The molecule has 32 heavy (non-hydrogen) atoms. The summed E-state index contributed by atoms with van der Waals surface area (Å²) >= 11 is 0. The van der Waals surface area contributed by atoms with Crippen molar-refractivity contribution in [3.8, 4) is 5.75 Å². The van der Waals surface area contributed by atoms with Gasteiger partial charge in [-0.2, -0.15) is 0 Å². The lowest BCUT2D eigenvalue weighted by molar-refractivity contribution is 0.317. The molecule has 1 saturated heterocycles. The van der Waals surface area contributed by atoms with Gasteiger partial charge in [0.1, 0.15) is 23.2 Å². The minimum Gasteiger partial charge on any atom is -0.509 e. The topological polar surface area (TPSA) is 88.5 Å². The molecule has 2 aliphatic heterocycles. The van der Waals surface area contributed by atoms with Gasteiger partial charge in [-0.3, -0.25) is 5.41 Å². The second-order valence-corrected chi connectivity index (χ2v) is 8.44. The van der Waals surface area contributed by atoms with E-state index in [0.29, 0.717) is 18.0 Å². The van der Waals surface area contributed by atoms with Gasteiger partial charge in [0, 0.05) is 30.5 Å². The maximum atomic E-state index is 10.7. The summed E-state index contributed by atoms with van der Waals surface area (Å²) in [6.45, 7) is 5.12. The summed E-state index contributed by atoms with van der Waals surface area (Å²) in [4.78, 5) is 12.2. The van der Waals surface area contributed by atoms with Crippen LogP contribution >= 0.6 is 0 Å². The van der Waals surface area contributed by atoms with Gasteiger partial charge < -0.3 is 24.6 Å². The number of imidazole rings is 1. The Kier molecular flexibility index (Phi) is 5.47. The fourth-order valence-corrected chi connectivity index (χ4v) is 4.47. The van der Waals surface area contributed by atoms with Gasteiger partial charge in [0.15, 0.2) is 0 Å². The fraction of sp³-hybridized carbons (Fsp3) is 0.360. The summed E-state index contributed by atoms with van der Waals surface area (Å²) in [5, 5.41) is 19.5. The van der Waals surface area contributed by atoms with Crippen molar-refractivity contribution in [1.82, 2.24) is 9.97 Å². The van der Waals surface area contributed by atoms with Crippen molar-refractivity contribution >= 4 is 33.8 Å². The van der Waals surface area contributed by atoms with Gasteiger partial charge in [0.2, 0.25) is 0 Å². The standard InChI is InChI=1S/C25H29N5O2/c1-2-13-32-19-8-6-7-18(14-19)30-16-22(31)23(24(30)26)25-27-20-10-9-17(15-21(20)28-25)29-11-4-3-5-12-29/h6-10,14-15,26,31H,2-5,11-13,16H2,1H3,(H,27,28). The van der Waals surface area contributed by atoms with E-state index in [2.05, 4.69) is 33.9 Å². The number of nitrogens with zero attached hydrogens (tertiary/aromatic N) is 3. The van der Waals surface area contributed by atoms with Crippen molar-refractivity contribution in [2.45, 2.75) is 32.6 Å². The maximum Gasteiger partial charge on any atom is 0.145 e. The minimum atomic E-state index is 0.144. The Hall–Kier alpha value is -3.48. The normalized spacial score (nSPS) is 17.0. The van der Waals surface area contributed by atoms with Gasteiger partial charge in [-0.15, -0.1) is 0 Å². The number of aromatic nitrogens is 2. The summed E-state index contributed by atoms with van der Waals surface area (Å²) in [5.41, 5.74) is 4.21. The number of nitrogens with one attached hydrogen (secondary N) is 2. The van der Waals surface area contributed by atoms with Crippen LogP contribution < -0.4 is 14.5 Å². The highest BCUT2D eigenvalue weighted by atomic mass is 16.5. The molecule has 1 aromatic heterocycles. The zero-order valence-corrected chi connectivity index (χ0v) is 18.4. The molecule has 0 spiro atoms. The van der Waals surface area contributed by atoms with E-state index in [-0.39, 0.29) is 18.1 Å². The number of amidine groups is 1. The number of fused-ring (bicyclic) bond motifs is 1. The van der Waals surface area contributed by atoms with Gasteiger partial charge in [0.25, 0.3) is 0 Å². The Morgan fingerprint density at radius 3 is 2.75 bits per heavy atom. The van der Waals surface area contributed by atoms with E-state index < -0.39 is 0 Å². The van der Waals surface area contributed by atoms with E-state index in [1.807, 2.05) is 30.3 Å². The average Bonchev–Trinajstić information content (AvgIpc) is 3.37. The van der Waals surface area contributed by atoms with Crippen molar-refractivity contribution in [3.05, 3.63) is 54.0 Å². The largest absolute Gasteiger partial charge is 0.509 e. The molecule has 0 amide bonds. The van der Waals surface area contributed by atoms with Gasteiger partial charge in [-0.05, 0) is 56.0 Å². The third-order valence-electron chi connectivity index (χ3n) is 6.13. The van der Waals surface area contributed by atoms with Gasteiger partial charge in [-0.25, -0.2) is 4.98 Å². The van der Waals surface area contributed by atoms with E-state index in [0.717, 1.165) is 42.0 Å². The number of hydrogen-bond acceptors (Lipinski definition) is 5. The van der Waals surface area contributed by atoms with Crippen molar-refractivity contribution in [1.29, 1.82) is 5.41 Å². The number of anilines is 2. The predicted octanol–water partition coefficient (Wildman–Crippen LogP) is 5.11. The molecule has 0 unspecified atom stereocenters. The molecule has 0 bridgehead atoms. The molecular weight excluding hydrogens is 402 g/mol.